The monoisotopic (exact) mass is 324 g/mol. The molecular formula is C19H17ClN2O. The lowest BCUT2D eigenvalue weighted by Crippen LogP contribution is -2.15. The van der Waals surface area contributed by atoms with Gasteiger partial charge in [-0.1, -0.05) is 48.9 Å². The fourth-order valence-electron chi connectivity index (χ4n) is 2.40. The zero-order valence-electron chi connectivity index (χ0n) is 13.1. The zero-order chi connectivity index (χ0) is 16.4. The zero-order valence-corrected chi connectivity index (χ0v) is 13.8. The molecule has 0 N–H and O–H groups in total. The molecule has 0 radical (unpaired) electrons. The maximum absolute atomic E-state index is 12.2. The van der Waals surface area contributed by atoms with Crippen molar-refractivity contribution < 1.29 is 0 Å². The number of halogens is 1. The molecular weight excluding hydrogens is 308 g/mol. The number of hydrogen-bond donors (Lipinski definition) is 0. The third-order valence-corrected chi connectivity index (χ3v) is 4.04. The first-order chi connectivity index (χ1) is 11.1. The molecule has 0 amide bonds. The quantitative estimate of drug-likeness (QED) is 0.719. The molecule has 1 aromatic carbocycles. The molecule has 116 valence electrons. The van der Waals surface area contributed by atoms with E-state index in [1.807, 2.05) is 37.3 Å². The van der Waals surface area contributed by atoms with Crippen molar-refractivity contribution in [3.05, 3.63) is 81.4 Å². The van der Waals surface area contributed by atoms with Crippen LogP contribution in [-0.4, -0.2) is 9.38 Å². The Kier molecular flexibility index (Phi) is 4.30. The van der Waals surface area contributed by atoms with Crippen LogP contribution in [0.15, 0.2) is 53.5 Å². The molecule has 3 rings (SSSR count). The molecule has 0 unspecified atom stereocenters. The Hall–Kier alpha value is -2.39. The molecule has 0 saturated carbocycles. The number of benzene rings is 1. The summed E-state index contributed by atoms with van der Waals surface area (Å²) < 4.78 is 1.53. The van der Waals surface area contributed by atoms with Crippen molar-refractivity contribution in [2.75, 3.05) is 0 Å². The second-order valence-electron chi connectivity index (χ2n) is 5.50. The summed E-state index contributed by atoms with van der Waals surface area (Å²) in [6, 6.07) is 13.4. The van der Waals surface area contributed by atoms with E-state index in [1.54, 1.807) is 6.20 Å². The van der Waals surface area contributed by atoms with Crippen LogP contribution in [0, 0.1) is 6.92 Å². The van der Waals surface area contributed by atoms with Crippen LogP contribution in [0.5, 0.6) is 0 Å². The first-order valence-electron chi connectivity index (χ1n) is 7.53. The van der Waals surface area contributed by atoms with Crippen LogP contribution < -0.4 is 5.56 Å². The van der Waals surface area contributed by atoms with E-state index in [0.717, 1.165) is 17.5 Å². The molecule has 0 fully saturated rings. The molecule has 0 bridgehead atoms. The second kappa shape index (κ2) is 6.39. The molecule has 23 heavy (non-hydrogen) atoms. The normalized spacial score (nSPS) is 11.9. The number of rotatable bonds is 3. The number of aryl methyl sites for hydroxylation is 2. The van der Waals surface area contributed by atoms with Gasteiger partial charge in [0, 0.05) is 12.3 Å². The molecule has 0 atom stereocenters. The van der Waals surface area contributed by atoms with Gasteiger partial charge in [-0.25, -0.2) is 4.98 Å². The first kappa shape index (κ1) is 15.5. The highest BCUT2D eigenvalue weighted by Gasteiger charge is 2.06. The lowest BCUT2D eigenvalue weighted by Gasteiger charge is -2.05. The smallest absolute Gasteiger partial charge is 0.258 e. The highest BCUT2D eigenvalue weighted by molar-refractivity contribution is 6.51. The van der Waals surface area contributed by atoms with E-state index in [0.29, 0.717) is 16.4 Å². The summed E-state index contributed by atoms with van der Waals surface area (Å²) in [4.78, 5) is 16.7. The van der Waals surface area contributed by atoms with Crippen LogP contribution in [-0.2, 0) is 6.42 Å². The Morgan fingerprint density at radius 1 is 1.22 bits per heavy atom. The Morgan fingerprint density at radius 3 is 2.65 bits per heavy atom. The first-order valence-corrected chi connectivity index (χ1v) is 7.91. The van der Waals surface area contributed by atoms with Gasteiger partial charge in [0.15, 0.2) is 0 Å². The van der Waals surface area contributed by atoms with Gasteiger partial charge in [0.25, 0.3) is 5.56 Å². The summed E-state index contributed by atoms with van der Waals surface area (Å²) in [6.07, 6.45) is 4.60. The molecule has 3 nitrogen and oxygen atoms in total. The van der Waals surface area contributed by atoms with E-state index >= 15 is 0 Å². The third-order valence-electron chi connectivity index (χ3n) is 3.73. The lowest BCUT2D eigenvalue weighted by molar-refractivity contribution is 1.02. The Balaban J connectivity index is 2.02. The SMILES string of the molecule is CCc1ccc(/C=C(\Cl)c2cc(=O)n3cc(C)ccc3n2)cc1. The second-order valence-corrected chi connectivity index (χ2v) is 5.91. The average Bonchev–Trinajstić information content (AvgIpc) is 2.56. The van der Waals surface area contributed by atoms with Crippen LogP contribution in [0.1, 0.15) is 29.3 Å². The van der Waals surface area contributed by atoms with E-state index < -0.39 is 0 Å². The fraction of sp³-hybridized carbons (Fsp3) is 0.158. The van der Waals surface area contributed by atoms with Gasteiger partial charge in [0.1, 0.15) is 5.65 Å². The van der Waals surface area contributed by atoms with Crippen molar-refractivity contribution in [2.45, 2.75) is 20.3 Å². The number of fused-ring (bicyclic) bond motifs is 1. The van der Waals surface area contributed by atoms with Crippen molar-refractivity contribution in [1.29, 1.82) is 0 Å². The van der Waals surface area contributed by atoms with E-state index in [9.17, 15) is 4.79 Å². The standard InChI is InChI=1S/C19H17ClN2O/c1-3-14-5-7-15(8-6-14)10-16(20)17-11-19(23)22-12-13(2)4-9-18(22)21-17/h4-12H,3H2,1-2H3/b16-10-. The van der Waals surface area contributed by atoms with Gasteiger partial charge < -0.3 is 0 Å². The van der Waals surface area contributed by atoms with Gasteiger partial charge in [-0.3, -0.25) is 9.20 Å². The van der Waals surface area contributed by atoms with Crippen LogP contribution in [0.3, 0.4) is 0 Å². The number of pyridine rings is 1. The molecule has 0 aliphatic carbocycles. The lowest BCUT2D eigenvalue weighted by atomic mass is 10.1. The number of hydrogen-bond acceptors (Lipinski definition) is 2. The van der Waals surface area contributed by atoms with Crippen molar-refractivity contribution in [1.82, 2.24) is 9.38 Å². The molecule has 4 heteroatoms. The average molecular weight is 325 g/mol. The third kappa shape index (κ3) is 3.35. The minimum atomic E-state index is -0.137. The molecule has 0 spiro atoms. The van der Waals surface area contributed by atoms with Crippen molar-refractivity contribution >= 4 is 28.4 Å². The van der Waals surface area contributed by atoms with Crippen molar-refractivity contribution in [3.8, 4) is 0 Å². The molecule has 2 aromatic heterocycles. The van der Waals surface area contributed by atoms with Crippen LogP contribution >= 0.6 is 11.6 Å². The van der Waals surface area contributed by atoms with Gasteiger partial charge in [-0.15, -0.1) is 0 Å². The molecule has 0 aliphatic rings. The number of nitrogens with zero attached hydrogens (tertiary/aromatic N) is 2. The van der Waals surface area contributed by atoms with E-state index in [-0.39, 0.29) is 5.56 Å². The highest BCUT2D eigenvalue weighted by atomic mass is 35.5. The maximum Gasteiger partial charge on any atom is 0.258 e. The summed E-state index contributed by atoms with van der Waals surface area (Å²) in [7, 11) is 0. The fourth-order valence-corrected chi connectivity index (χ4v) is 2.62. The minimum Gasteiger partial charge on any atom is -0.269 e. The molecule has 2 heterocycles. The Bertz CT molecular complexity index is 940. The van der Waals surface area contributed by atoms with Crippen LogP contribution in [0.25, 0.3) is 16.8 Å². The predicted octanol–water partition coefficient (Wildman–Crippen LogP) is 4.30. The van der Waals surface area contributed by atoms with Crippen LogP contribution in [0.2, 0.25) is 0 Å². The highest BCUT2D eigenvalue weighted by Crippen LogP contribution is 2.20. The number of aromatic nitrogens is 2. The van der Waals surface area contributed by atoms with Crippen LogP contribution in [0.4, 0.5) is 0 Å². The van der Waals surface area contributed by atoms with E-state index in [2.05, 4.69) is 24.0 Å². The molecule has 3 aromatic rings. The van der Waals surface area contributed by atoms with Gasteiger partial charge in [0.2, 0.25) is 0 Å². The van der Waals surface area contributed by atoms with Crippen molar-refractivity contribution in [3.63, 3.8) is 0 Å². The summed E-state index contributed by atoms with van der Waals surface area (Å²) in [5, 5.41) is 0.453. The summed E-state index contributed by atoms with van der Waals surface area (Å²) in [6.45, 7) is 4.05. The largest absolute Gasteiger partial charge is 0.269 e. The maximum atomic E-state index is 12.2. The van der Waals surface area contributed by atoms with E-state index in [4.69, 9.17) is 11.6 Å². The molecule has 0 aliphatic heterocycles. The summed E-state index contributed by atoms with van der Waals surface area (Å²) >= 11 is 6.37. The summed E-state index contributed by atoms with van der Waals surface area (Å²) in [5.74, 6) is 0. The van der Waals surface area contributed by atoms with Gasteiger partial charge in [-0.2, -0.15) is 0 Å². The van der Waals surface area contributed by atoms with Crippen molar-refractivity contribution in [2.24, 2.45) is 0 Å². The van der Waals surface area contributed by atoms with Gasteiger partial charge in [0.05, 0.1) is 10.7 Å². The minimum absolute atomic E-state index is 0.137. The van der Waals surface area contributed by atoms with E-state index in [1.165, 1.54) is 16.0 Å². The van der Waals surface area contributed by atoms with Gasteiger partial charge in [-0.05, 0) is 42.2 Å². The molecule has 0 saturated heterocycles. The Morgan fingerprint density at radius 2 is 1.96 bits per heavy atom. The Labute approximate surface area is 139 Å². The predicted molar refractivity (Wildman–Crippen MR) is 95.7 cm³/mol. The van der Waals surface area contributed by atoms with Gasteiger partial charge >= 0.3 is 0 Å². The summed E-state index contributed by atoms with van der Waals surface area (Å²) in [5.41, 5.74) is 4.20. The topological polar surface area (TPSA) is 34.4 Å².